The van der Waals surface area contributed by atoms with Crippen molar-refractivity contribution in [3.63, 3.8) is 0 Å². The summed E-state index contributed by atoms with van der Waals surface area (Å²) in [4.78, 5) is 23.7. The van der Waals surface area contributed by atoms with E-state index >= 15 is 0 Å². The first-order chi connectivity index (χ1) is 9.35. The molecule has 1 saturated heterocycles. The Morgan fingerprint density at radius 2 is 2.40 bits per heavy atom. The molecule has 20 heavy (non-hydrogen) atoms. The van der Waals surface area contributed by atoms with Crippen LogP contribution in [0.3, 0.4) is 0 Å². The lowest BCUT2D eigenvalue weighted by Gasteiger charge is -2.29. The molecule has 3 aliphatic rings. The van der Waals surface area contributed by atoms with Crippen molar-refractivity contribution in [1.82, 2.24) is 0 Å². The fourth-order valence-corrected chi connectivity index (χ4v) is 3.68. The Morgan fingerprint density at radius 3 is 3.00 bits per heavy atom. The molecule has 2 aliphatic carbocycles. The smallest absolute Gasteiger partial charge is 0.343 e. The number of carbonyl (C=O) groups excluding carboxylic acids is 2. The average Bonchev–Trinajstić information content (AvgIpc) is 3.00. The van der Waals surface area contributed by atoms with Crippen LogP contribution in [0.25, 0.3) is 0 Å². The summed E-state index contributed by atoms with van der Waals surface area (Å²) in [6.45, 7) is 2.75. The number of alkyl halides is 1. The molecular weight excluding hydrogens is 265 g/mol. The van der Waals surface area contributed by atoms with Crippen LogP contribution in [0.15, 0.2) is 0 Å². The Morgan fingerprint density at radius 1 is 1.70 bits per heavy atom. The molecule has 1 heterocycles. The minimum atomic E-state index is -2.03. The van der Waals surface area contributed by atoms with Gasteiger partial charge in [-0.3, -0.25) is 4.79 Å². The summed E-state index contributed by atoms with van der Waals surface area (Å²) in [6, 6.07) is 2.08. The van der Waals surface area contributed by atoms with E-state index in [1.54, 1.807) is 6.92 Å². The normalized spacial score (nSPS) is 43.8. The number of nitriles is 1. The van der Waals surface area contributed by atoms with Gasteiger partial charge in [0.2, 0.25) is 5.67 Å². The zero-order valence-electron chi connectivity index (χ0n) is 11.4. The Labute approximate surface area is 116 Å². The number of rotatable bonds is 3. The van der Waals surface area contributed by atoms with Crippen LogP contribution in [-0.2, 0) is 19.1 Å². The topological polar surface area (TPSA) is 76.4 Å². The summed E-state index contributed by atoms with van der Waals surface area (Å²) in [6.07, 6.45) is -0.202. The Hall–Kier alpha value is -1.64. The molecule has 0 aromatic carbocycles. The first-order valence-electron chi connectivity index (χ1n) is 6.88. The van der Waals surface area contributed by atoms with Gasteiger partial charge in [-0.15, -0.1) is 0 Å². The van der Waals surface area contributed by atoms with Crippen molar-refractivity contribution in [1.29, 1.82) is 5.26 Å². The molecule has 6 heteroatoms. The van der Waals surface area contributed by atoms with Gasteiger partial charge in [-0.25, -0.2) is 9.18 Å². The number of nitrogens with zero attached hydrogens (tertiary/aromatic N) is 1. The van der Waals surface area contributed by atoms with E-state index in [-0.39, 0.29) is 18.3 Å². The van der Waals surface area contributed by atoms with Gasteiger partial charge in [0.1, 0.15) is 12.2 Å². The molecule has 2 bridgehead atoms. The molecule has 0 aromatic rings. The number of ether oxygens (including phenoxy) is 2. The maximum Gasteiger partial charge on any atom is 0.343 e. The molecule has 0 aromatic heterocycles. The molecule has 2 saturated carbocycles. The summed E-state index contributed by atoms with van der Waals surface area (Å²) in [5, 5.41) is 9.25. The second-order valence-electron chi connectivity index (χ2n) is 6.18. The van der Waals surface area contributed by atoms with E-state index in [1.807, 2.05) is 0 Å². The lowest BCUT2D eigenvalue weighted by molar-refractivity contribution is -0.172. The van der Waals surface area contributed by atoms with E-state index < -0.39 is 35.2 Å². The third kappa shape index (κ3) is 1.46. The van der Waals surface area contributed by atoms with Crippen LogP contribution in [0.2, 0.25) is 0 Å². The minimum Gasteiger partial charge on any atom is -0.457 e. The van der Waals surface area contributed by atoms with Gasteiger partial charge >= 0.3 is 11.9 Å². The van der Waals surface area contributed by atoms with Crippen molar-refractivity contribution in [3.05, 3.63) is 0 Å². The van der Waals surface area contributed by atoms with Crippen LogP contribution in [0.5, 0.6) is 0 Å². The highest BCUT2D eigenvalue weighted by atomic mass is 19.1. The Kier molecular flexibility index (Phi) is 2.63. The number of fused-ring (bicyclic) bond motifs is 1. The van der Waals surface area contributed by atoms with E-state index in [9.17, 15) is 19.2 Å². The standard InChI is InChI=1S/C14H16FNO4/c1-3-13(2,15)11(17)19-9-7-4-8-10(9)20-12(18)14(8,5-7)6-16/h7-10H,3-5H2,1-2H3. The van der Waals surface area contributed by atoms with Crippen molar-refractivity contribution in [2.75, 3.05) is 0 Å². The highest BCUT2D eigenvalue weighted by Gasteiger charge is 2.72. The molecule has 0 radical (unpaired) electrons. The third-order valence-electron chi connectivity index (χ3n) is 5.10. The summed E-state index contributed by atoms with van der Waals surface area (Å²) < 4.78 is 24.4. The molecule has 3 fully saturated rings. The minimum absolute atomic E-state index is 0.0270. The van der Waals surface area contributed by atoms with E-state index in [0.717, 1.165) is 0 Å². The first kappa shape index (κ1) is 13.3. The van der Waals surface area contributed by atoms with Gasteiger partial charge in [0, 0.05) is 11.8 Å². The Balaban J connectivity index is 1.80. The molecule has 0 N–H and O–H groups in total. The second kappa shape index (κ2) is 3.94. The summed E-state index contributed by atoms with van der Waals surface area (Å²) >= 11 is 0. The SMILES string of the molecule is CCC(C)(F)C(=O)OC1C2CC3C1OC(=O)C3(C#N)C2. The molecule has 108 valence electrons. The van der Waals surface area contributed by atoms with Crippen LogP contribution >= 0.6 is 0 Å². The van der Waals surface area contributed by atoms with Crippen LogP contribution in [0.4, 0.5) is 4.39 Å². The van der Waals surface area contributed by atoms with Gasteiger partial charge in [-0.1, -0.05) is 6.92 Å². The van der Waals surface area contributed by atoms with Crippen molar-refractivity contribution in [3.8, 4) is 6.07 Å². The zero-order valence-corrected chi connectivity index (χ0v) is 11.4. The number of esters is 2. The first-order valence-corrected chi connectivity index (χ1v) is 6.88. The lowest BCUT2D eigenvalue weighted by atomic mass is 9.74. The highest BCUT2D eigenvalue weighted by Crippen LogP contribution is 2.62. The summed E-state index contributed by atoms with van der Waals surface area (Å²) in [7, 11) is 0. The predicted molar refractivity (Wildman–Crippen MR) is 63.8 cm³/mol. The summed E-state index contributed by atoms with van der Waals surface area (Å²) in [5.74, 6) is -1.75. The number of halogens is 1. The molecule has 6 atom stereocenters. The molecule has 6 unspecified atom stereocenters. The van der Waals surface area contributed by atoms with Gasteiger partial charge in [0.05, 0.1) is 6.07 Å². The quantitative estimate of drug-likeness (QED) is 0.733. The number of carbonyl (C=O) groups is 2. The van der Waals surface area contributed by atoms with E-state index in [0.29, 0.717) is 12.8 Å². The Bertz CT molecular complexity index is 526. The maximum absolute atomic E-state index is 13.9. The van der Waals surface area contributed by atoms with Crippen molar-refractivity contribution >= 4 is 11.9 Å². The van der Waals surface area contributed by atoms with E-state index in [2.05, 4.69) is 6.07 Å². The molecule has 3 rings (SSSR count). The second-order valence-corrected chi connectivity index (χ2v) is 6.18. The molecular formula is C14H16FNO4. The zero-order chi connectivity index (χ0) is 14.7. The van der Waals surface area contributed by atoms with Crippen LogP contribution < -0.4 is 0 Å². The van der Waals surface area contributed by atoms with Crippen molar-refractivity contribution in [2.24, 2.45) is 17.3 Å². The maximum atomic E-state index is 13.9. The molecule has 5 nitrogen and oxygen atoms in total. The highest BCUT2D eigenvalue weighted by molar-refractivity contribution is 5.85. The average molecular weight is 281 g/mol. The monoisotopic (exact) mass is 281 g/mol. The fourth-order valence-electron chi connectivity index (χ4n) is 3.68. The van der Waals surface area contributed by atoms with Gasteiger partial charge in [-0.05, 0) is 26.2 Å². The van der Waals surface area contributed by atoms with Gasteiger partial charge < -0.3 is 9.47 Å². The van der Waals surface area contributed by atoms with Gasteiger partial charge in [0.25, 0.3) is 0 Å². The van der Waals surface area contributed by atoms with Crippen LogP contribution in [-0.4, -0.2) is 29.8 Å². The van der Waals surface area contributed by atoms with Gasteiger partial charge in [0.15, 0.2) is 5.41 Å². The van der Waals surface area contributed by atoms with Crippen molar-refractivity contribution < 1.29 is 23.5 Å². The molecule has 0 spiro atoms. The lowest BCUT2D eigenvalue weighted by Crippen LogP contribution is -2.43. The van der Waals surface area contributed by atoms with Gasteiger partial charge in [-0.2, -0.15) is 5.26 Å². The largest absolute Gasteiger partial charge is 0.457 e. The third-order valence-corrected chi connectivity index (χ3v) is 5.10. The molecule has 1 aliphatic heterocycles. The predicted octanol–water partition coefficient (Wildman–Crippen LogP) is 1.51. The number of hydrogen-bond acceptors (Lipinski definition) is 5. The number of hydrogen-bond donors (Lipinski definition) is 0. The van der Waals surface area contributed by atoms with Crippen LogP contribution in [0, 0.1) is 28.6 Å². The van der Waals surface area contributed by atoms with E-state index in [1.165, 1.54) is 6.92 Å². The summed E-state index contributed by atoms with van der Waals surface area (Å²) in [5.41, 5.74) is -3.10. The fraction of sp³-hybridized carbons (Fsp3) is 0.786. The van der Waals surface area contributed by atoms with Crippen LogP contribution in [0.1, 0.15) is 33.1 Å². The molecule has 0 amide bonds. The van der Waals surface area contributed by atoms with E-state index in [4.69, 9.17) is 9.47 Å². The van der Waals surface area contributed by atoms with Crippen molar-refractivity contribution in [2.45, 2.75) is 51.0 Å².